The van der Waals surface area contributed by atoms with E-state index in [1.165, 1.54) is 19.9 Å². The number of nitrogens with zero attached hydrogens (tertiary/aromatic N) is 4. The lowest BCUT2D eigenvalue weighted by Crippen LogP contribution is -2.46. The van der Waals surface area contributed by atoms with E-state index in [2.05, 4.69) is 50.4 Å². The van der Waals surface area contributed by atoms with E-state index in [0.29, 0.717) is 5.75 Å². The molecule has 2 aromatic rings. The van der Waals surface area contributed by atoms with E-state index >= 15 is 0 Å². The average Bonchev–Trinajstić information content (AvgIpc) is 3.69. The van der Waals surface area contributed by atoms with E-state index in [1.54, 1.807) is 0 Å². The number of carbonyl (C=O) groups is 3. The highest BCUT2D eigenvalue weighted by Gasteiger charge is 2.47. The summed E-state index contributed by atoms with van der Waals surface area (Å²) in [4.78, 5) is 96.0. The van der Waals surface area contributed by atoms with Gasteiger partial charge in [-0.05, 0) is 18.9 Å². The van der Waals surface area contributed by atoms with Crippen LogP contribution in [0.3, 0.4) is 0 Å². The normalized spacial score (nSPS) is 21.5. The summed E-state index contributed by atoms with van der Waals surface area (Å²) in [5.41, 5.74) is 4.07. The van der Waals surface area contributed by atoms with Crippen molar-refractivity contribution >= 4 is 69.1 Å². The van der Waals surface area contributed by atoms with Crippen LogP contribution in [0.2, 0.25) is 0 Å². The number of nitrogen functional groups attached to an aromatic ring is 1. The van der Waals surface area contributed by atoms with Crippen LogP contribution < -0.4 is 35.9 Å². The number of imidazole rings is 1. The van der Waals surface area contributed by atoms with Gasteiger partial charge in [-0.2, -0.15) is 0 Å². The van der Waals surface area contributed by atoms with Crippen molar-refractivity contribution in [2.45, 2.75) is 89.9 Å². The third kappa shape index (κ3) is 16.1. The molecule has 2 unspecified atom stereocenters. The zero-order valence-electron chi connectivity index (χ0n) is 31.6. The maximum Gasteiger partial charge on any atom is 0.274 e. The molecule has 24 nitrogen and oxygen atoms in total. The minimum absolute atomic E-state index is 0.0207. The van der Waals surface area contributed by atoms with Gasteiger partial charge in [-0.1, -0.05) is 57.9 Å². The Hall–Kier alpha value is -2.70. The molecule has 2 amide bonds. The molecule has 0 bridgehead atoms. The number of aliphatic hydroxyl groups is 2. The largest absolute Gasteiger partial charge is 0.790 e. The second kappa shape index (κ2) is 22.2. The number of phosphoric acid groups is 3. The number of phosphoric ester groups is 3. The number of aromatic nitrogens is 4. The standard InChI is InChI=1S/C30H50N7O17P3S/c1-4-5-6-7-8-9-10-21(39)58-14-13-32-20(38)11-12-33-28(42)25(41)30(2,3)16-51-57(48,49)54-56(46,47)50-15-19-24(53-55(43,44)45)23(40)29(52-19)37-18-36-22-26(31)34-17-35-27(22)37/h9-10,17-19,23-25,29,40-41H,4-8,11-16H2,1-3H3,(H,32,38)(H,33,42)(H,46,47)(H,48,49)(H2,31,34,35)(H2,43,44,45)/p-4/b10-9+/t19-,23-,24-,25+,29-/m1/s1. The minimum Gasteiger partial charge on any atom is -0.790 e. The first-order valence-corrected chi connectivity index (χ1v) is 23.1. The molecule has 0 aliphatic carbocycles. The summed E-state index contributed by atoms with van der Waals surface area (Å²) in [6.45, 7) is 2.22. The van der Waals surface area contributed by atoms with Crippen molar-refractivity contribution in [3.05, 3.63) is 24.8 Å². The molecule has 1 fully saturated rings. The number of thioether (sulfide) groups is 1. The zero-order valence-corrected chi connectivity index (χ0v) is 35.1. The number of anilines is 1. The van der Waals surface area contributed by atoms with Crippen molar-refractivity contribution in [3.63, 3.8) is 0 Å². The van der Waals surface area contributed by atoms with Gasteiger partial charge in [0, 0.05) is 30.7 Å². The number of allylic oxidation sites excluding steroid dienone is 1. The number of rotatable bonds is 25. The summed E-state index contributed by atoms with van der Waals surface area (Å²) >= 11 is 1.04. The van der Waals surface area contributed by atoms with Crippen LogP contribution in [-0.4, -0.2) is 103 Å². The molecule has 0 saturated carbocycles. The third-order valence-corrected chi connectivity index (χ3v) is 12.0. The number of ether oxygens (including phenoxy) is 1. The van der Waals surface area contributed by atoms with Crippen LogP contribution in [0, 0.1) is 5.41 Å². The van der Waals surface area contributed by atoms with Crippen LogP contribution in [0.1, 0.15) is 65.5 Å². The predicted molar refractivity (Wildman–Crippen MR) is 196 cm³/mol. The molecular weight excluding hydrogens is 855 g/mol. The Kier molecular flexibility index (Phi) is 19.0. The zero-order chi connectivity index (χ0) is 43.3. The van der Waals surface area contributed by atoms with Gasteiger partial charge in [0.25, 0.3) is 15.6 Å². The lowest BCUT2D eigenvalue weighted by atomic mass is 9.87. The topological polar surface area (TPSA) is 375 Å². The minimum atomic E-state index is -5.91. The highest BCUT2D eigenvalue weighted by atomic mass is 32.2. The third-order valence-electron chi connectivity index (χ3n) is 8.20. The Morgan fingerprint density at radius 2 is 1.78 bits per heavy atom. The Morgan fingerprint density at radius 3 is 2.47 bits per heavy atom. The first-order valence-electron chi connectivity index (χ1n) is 17.7. The van der Waals surface area contributed by atoms with Gasteiger partial charge in [0.15, 0.2) is 17.7 Å². The highest BCUT2D eigenvalue weighted by molar-refractivity contribution is 8.14. The predicted octanol–water partition coefficient (Wildman–Crippen LogP) is -1.34. The molecule has 3 heterocycles. The Bertz CT molecular complexity index is 1880. The Morgan fingerprint density at radius 1 is 1.07 bits per heavy atom. The number of nitrogens with one attached hydrogen (secondary N) is 2. The van der Waals surface area contributed by atoms with E-state index in [1.807, 2.05) is 6.08 Å². The van der Waals surface area contributed by atoms with Gasteiger partial charge in [-0.3, -0.25) is 28.1 Å². The van der Waals surface area contributed by atoms with Crippen LogP contribution in [0.25, 0.3) is 11.2 Å². The molecule has 3 rings (SSSR count). The van der Waals surface area contributed by atoms with Gasteiger partial charge in [0.05, 0.1) is 27.4 Å². The summed E-state index contributed by atoms with van der Waals surface area (Å²) in [7, 11) is -17.6. The van der Waals surface area contributed by atoms with Gasteiger partial charge in [-0.25, -0.2) is 19.3 Å². The van der Waals surface area contributed by atoms with Crippen LogP contribution in [0.4, 0.5) is 5.82 Å². The number of fused-ring (bicyclic) bond motifs is 1. The van der Waals surface area contributed by atoms with Crippen molar-refractivity contribution in [1.29, 1.82) is 0 Å². The first kappa shape index (κ1) is 49.7. The number of amides is 2. The van der Waals surface area contributed by atoms with E-state index in [9.17, 15) is 57.9 Å². The van der Waals surface area contributed by atoms with E-state index < -0.39 is 84.6 Å². The average molecular weight is 902 g/mol. The molecule has 7 atom stereocenters. The number of hydrogen-bond acceptors (Lipinski definition) is 22. The van der Waals surface area contributed by atoms with Gasteiger partial charge >= 0.3 is 0 Å². The van der Waals surface area contributed by atoms with Crippen LogP contribution in [-0.2, 0) is 50.7 Å². The van der Waals surface area contributed by atoms with Crippen molar-refractivity contribution in [1.82, 2.24) is 30.2 Å². The SMILES string of the molecule is CCCCCC/C=C/C(=O)SCCNC(=O)CCNC(=O)[C@H](O)C(C)(C)COP(=O)([O-])OP(=O)([O-])OC[C@H]1O[C@@H](n2cnc3c(N)ncnc32)[C@H](O)[C@@H]1OP(=O)([O-])[O-]. The highest BCUT2D eigenvalue weighted by Crippen LogP contribution is 2.56. The Labute approximate surface area is 337 Å². The summed E-state index contributed by atoms with van der Waals surface area (Å²) < 4.78 is 60.5. The van der Waals surface area contributed by atoms with Crippen molar-refractivity contribution < 1.29 is 80.5 Å². The van der Waals surface area contributed by atoms with E-state index in [4.69, 9.17) is 10.5 Å². The number of carbonyl (C=O) groups excluding carboxylic acids is 3. The molecule has 328 valence electrons. The molecule has 28 heteroatoms. The van der Waals surface area contributed by atoms with Crippen LogP contribution in [0.15, 0.2) is 24.8 Å². The van der Waals surface area contributed by atoms with Crippen molar-refractivity contribution in [2.75, 3.05) is 37.8 Å². The molecule has 0 aromatic carbocycles. The summed E-state index contributed by atoms with van der Waals surface area (Å²) in [6, 6.07) is 0. The van der Waals surface area contributed by atoms with Crippen molar-refractivity contribution in [3.8, 4) is 0 Å². The quantitative estimate of drug-likeness (QED) is 0.0437. The summed E-state index contributed by atoms with van der Waals surface area (Å²) in [6.07, 6.45) is 0.954. The number of unbranched alkanes of at least 4 members (excludes halogenated alkanes) is 4. The molecule has 0 spiro atoms. The molecule has 58 heavy (non-hydrogen) atoms. The van der Waals surface area contributed by atoms with Gasteiger partial charge < -0.3 is 69.0 Å². The molecule has 6 N–H and O–H groups in total. The second-order valence-electron chi connectivity index (χ2n) is 13.4. The van der Waals surface area contributed by atoms with Crippen LogP contribution >= 0.6 is 35.2 Å². The second-order valence-corrected chi connectivity index (χ2v) is 18.6. The fourth-order valence-corrected chi connectivity index (χ4v) is 8.51. The van der Waals surface area contributed by atoms with E-state index in [0.717, 1.165) is 61.1 Å². The maximum absolute atomic E-state index is 12.5. The monoisotopic (exact) mass is 901 g/mol. The smallest absolute Gasteiger partial charge is 0.274 e. The molecule has 0 radical (unpaired) electrons. The Balaban J connectivity index is 1.44. The number of aliphatic hydroxyl groups excluding tert-OH is 2. The lowest BCUT2D eigenvalue weighted by molar-refractivity contribution is -0.347. The summed E-state index contributed by atoms with van der Waals surface area (Å²) in [5.74, 6) is -1.22. The molecule has 1 aliphatic heterocycles. The fourth-order valence-electron chi connectivity index (χ4n) is 5.18. The fraction of sp³-hybridized carbons (Fsp3) is 0.667. The maximum atomic E-state index is 12.5. The lowest BCUT2D eigenvalue weighted by Gasteiger charge is -2.36. The number of hydrogen-bond donors (Lipinski definition) is 5. The van der Waals surface area contributed by atoms with Gasteiger partial charge in [-0.15, -0.1) is 0 Å². The van der Waals surface area contributed by atoms with Crippen LogP contribution in [0.5, 0.6) is 0 Å². The molecule has 1 aliphatic rings. The summed E-state index contributed by atoms with van der Waals surface area (Å²) in [5, 5.41) is 26.1. The molecule has 1 saturated heterocycles. The van der Waals surface area contributed by atoms with Crippen molar-refractivity contribution in [2.24, 2.45) is 5.41 Å². The van der Waals surface area contributed by atoms with Gasteiger partial charge in [0.1, 0.15) is 36.3 Å². The molecule has 2 aromatic heterocycles. The van der Waals surface area contributed by atoms with E-state index in [-0.39, 0.29) is 41.6 Å². The molecular formula is C30H46N7O17P3S-4. The van der Waals surface area contributed by atoms with Gasteiger partial charge in [0.2, 0.25) is 16.9 Å². The number of nitrogens with two attached hydrogens (primary N) is 1. The first-order chi connectivity index (χ1) is 27.1.